The molecule has 1 heterocycles. The number of nitrogens with zero attached hydrogens (tertiary/aromatic N) is 2. The van der Waals surface area contributed by atoms with Crippen molar-refractivity contribution < 1.29 is 5.11 Å². The number of thioether (sulfide) groups is 1. The second-order valence-electron chi connectivity index (χ2n) is 5.06. The number of hydrogen-bond acceptors (Lipinski definition) is 3. The first-order chi connectivity index (χ1) is 9.24. The monoisotopic (exact) mass is 274 g/mol. The topological polar surface area (TPSA) is 38.1 Å². The molecule has 1 unspecified atom stereocenters. The van der Waals surface area contributed by atoms with E-state index in [1.165, 1.54) is 23.4 Å². The summed E-state index contributed by atoms with van der Waals surface area (Å²) in [5.41, 5.74) is 2.26. The first kappa shape index (κ1) is 12.8. The lowest BCUT2D eigenvalue weighted by molar-refractivity contribution is 0.199. The lowest BCUT2D eigenvalue weighted by atomic mass is 10.1. The van der Waals surface area contributed by atoms with E-state index in [1.54, 1.807) is 6.92 Å². The second-order valence-corrected chi connectivity index (χ2v) is 6.11. The third kappa shape index (κ3) is 3.01. The first-order valence-corrected chi connectivity index (χ1v) is 7.64. The zero-order valence-electron chi connectivity index (χ0n) is 11.0. The van der Waals surface area contributed by atoms with Crippen LogP contribution in [0.3, 0.4) is 0 Å². The van der Waals surface area contributed by atoms with Crippen LogP contribution in [0.15, 0.2) is 41.7 Å². The third-order valence-corrected chi connectivity index (χ3v) is 4.48. The SMILES string of the molecule is CC(O)c1ccc(SCc2cncn2C2CC2)cc1. The van der Waals surface area contributed by atoms with Crippen molar-refractivity contribution in [2.45, 2.75) is 42.6 Å². The second kappa shape index (κ2) is 5.39. The van der Waals surface area contributed by atoms with Gasteiger partial charge in [0.05, 0.1) is 12.4 Å². The zero-order chi connectivity index (χ0) is 13.2. The van der Waals surface area contributed by atoms with Crippen LogP contribution in [0, 0.1) is 0 Å². The highest BCUT2D eigenvalue weighted by Gasteiger charge is 2.24. The number of aliphatic hydroxyl groups excluding tert-OH is 1. The highest BCUT2D eigenvalue weighted by Crippen LogP contribution is 2.36. The van der Waals surface area contributed by atoms with Crippen LogP contribution in [0.5, 0.6) is 0 Å². The van der Waals surface area contributed by atoms with E-state index in [9.17, 15) is 5.11 Å². The fourth-order valence-electron chi connectivity index (χ4n) is 2.13. The van der Waals surface area contributed by atoms with Crippen molar-refractivity contribution >= 4 is 11.8 Å². The van der Waals surface area contributed by atoms with Gasteiger partial charge in [-0.1, -0.05) is 12.1 Å². The molecular weight excluding hydrogens is 256 g/mol. The maximum Gasteiger partial charge on any atom is 0.0951 e. The average molecular weight is 274 g/mol. The first-order valence-electron chi connectivity index (χ1n) is 6.65. The molecule has 0 amide bonds. The largest absolute Gasteiger partial charge is 0.389 e. The summed E-state index contributed by atoms with van der Waals surface area (Å²) >= 11 is 1.82. The minimum absolute atomic E-state index is 0.393. The highest BCUT2D eigenvalue weighted by molar-refractivity contribution is 7.98. The van der Waals surface area contributed by atoms with Crippen LogP contribution in [0.4, 0.5) is 0 Å². The Hall–Kier alpha value is -1.26. The zero-order valence-corrected chi connectivity index (χ0v) is 11.8. The van der Waals surface area contributed by atoms with Gasteiger partial charge in [0.15, 0.2) is 0 Å². The predicted molar refractivity (Wildman–Crippen MR) is 77.1 cm³/mol. The lowest BCUT2D eigenvalue weighted by Gasteiger charge is -2.08. The highest BCUT2D eigenvalue weighted by atomic mass is 32.2. The number of imidazole rings is 1. The fourth-order valence-corrected chi connectivity index (χ4v) is 2.99. The Morgan fingerprint density at radius 1 is 1.37 bits per heavy atom. The molecule has 1 fully saturated rings. The van der Waals surface area contributed by atoms with Crippen LogP contribution >= 0.6 is 11.8 Å². The van der Waals surface area contributed by atoms with Gasteiger partial charge in [0, 0.05) is 28.6 Å². The molecule has 3 nitrogen and oxygen atoms in total. The molecule has 1 aliphatic carbocycles. The van der Waals surface area contributed by atoms with E-state index in [1.807, 2.05) is 36.4 Å². The molecule has 0 aliphatic heterocycles. The van der Waals surface area contributed by atoms with E-state index < -0.39 is 6.10 Å². The van der Waals surface area contributed by atoms with E-state index in [2.05, 4.69) is 21.7 Å². The lowest BCUT2D eigenvalue weighted by Crippen LogP contribution is -1.97. The van der Waals surface area contributed by atoms with E-state index in [-0.39, 0.29) is 0 Å². The minimum Gasteiger partial charge on any atom is -0.389 e. The summed E-state index contributed by atoms with van der Waals surface area (Å²) in [6.45, 7) is 1.79. The summed E-state index contributed by atoms with van der Waals surface area (Å²) < 4.78 is 2.30. The average Bonchev–Trinajstić information content (AvgIpc) is 3.16. The molecule has 0 radical (unpaired) electrons. The molecule has 4 heteroatoms. The van der Waals surface area contributed by atoms with Crippen molar-refractivity contribution in [1.82, 2.24) is 9.55 Å². The normalized spacial score (nSPS) is 16.5. The van der Waals surface area contributed by atoms with Gasteiger partial charge >= 0.3 is 0 Å². The number of aromatic nitrogens is 2. The van der Waals surface area contributed by atoms with E-state index in [0.29, 0.717) is 6.04 Å². The quantitative estimate of drug-likeness (QED) is 0.847. The van der Waals surface area contributed by atoms with Crippen molar-refractivity contribution in [2.75, 3.05) is 0 Å². The molecule has 1 N–H and O–H groups in total. The Bertz CT molecular complexity index is 544. The molecule has 2 aromatic rings. The Labute approximate surface area is 117 Å². The van der Waals surface area contributed by atoms with Gasteiger partial charge in [-0.05, 0) is 37.5 Å². The van der Waals surface area contributed by atoms with Gasteiger partial charge in [0.2, 0.25) is 0 Å². The number of benzene rings is 1. The molecule has 3 rings (SSSR count). The van der Waals surface area contributed by atoms with Gasteiger partial charge in [0.25, 0.3) is 0 Å². The van der Waals surface area contributed by atoms with Crippen molar-refractivity contribution in [1.29, 1.82) is 0 Å². The van der Waals surface area contributed by atoms with E-state index >= 15 is 0 Å². The van der Waals surface area contributed by atoms with E-state index in [4.69, 9.17) is 0 Å². The summed E-state index contributed by atoms with van der Waals surface area (Å²) in [7, 11) is 0. The molecule has 1 saturated carbocycles. The summed E-state index contributed by atoms with van der Waals surface area (Å²) in [5.74, 6) is 0.949. The maximum atomic E-state index is 9.48. The molecule has 100 valence electrons. The fraction of sp³-hybridized carbons (Fsp3) is 0.400. The third-order valence-electron chi connectivity index (χ3n) is 3.44. The Kier molecular flexibility index (Phi) is 3.62. The van der Waals surface area contributed by atoms with Crippen molar-refractivity contribution in [3.8, 4) is 0 Å². The minimum atomic E-state index is -0.393. The Morgan fingerprint density at radius 2 is 2.11 bits per heavy atom. The smallest absolute Gasteiger partial charge is 0.0951 e. The van der Waals surface area contributed by atoms with Crippen LogP contribution in [0.1, 0.15) is 43.2 Å². The molecule has 1 atom stereocenters. The number of aliphatic hydroxyl groups is 1. The molecule has 0 spiro atoms. The molecule has 1 aromatic heterocycles. The van der Waals surface area contributed by atoms with Gasteiger partial charge in [-0.2, -0.15) is 0 Å². The maximum absolute atomic E-state index is 9.48. The van der Waals surface area contributed by atoms with Gasteiger partial charge < -0.3 is 9.67 Å². The summed E-state index contributed by atoms with van der Waals surface area (Å²) in [6, 6.07) is 8.82. The molecular formula is C15H18N2OS. The van der Waals surface area contributed by atoms with Crippen LogP contribution in [0.2, 0.25) is 0 Å². The summed E-state index contributed by atoms with van der Waals surface area (Å²) in [5, 5.41) is 9.48. The number of hydrogen-bond donors (Lipinski definition) is 1. The predicted octanol–water partition coefficient (Wildman–Crippen LogP) is 3.56. The van der Waals surface area contributed by atoms with Crippen molar-refractivity contribution in [3.05, 3.63) is 48.0 Å². The summed E-state index contributed by atoms with van der Waals surface area (Å²) in [6.07, 6.45) is 6.10. The molecule has 1 aromatic carbocycles. The van der Waals surface area contributed by atoms with E-state index in [0.717, 1.165) is 11.3 Å². The molecule has 0 bridgehead atoms. The van der Waals surface area contributed by atoms with Crippen LogP contribution in [-0.4, -0.2) is 14.7 Å². The van der Waals surface area contributed by atoms with Gasteiger partial charge in [-0.25, -0.2) is 4.98 Å². The van der Waals surface area contributed by atoms with Gasteiger partial charge in [0.1, 0.15) is 0 Å². The van der Waals surface area contributed by atoms with Crippen molar-refractivity contribution in [2.24, 2.45) is 0 Å². The Morgan fingerprint density at radius 3 is 2.74 bits per heavy atom. The van der Waals surface area contributed by atoms with Crippen LogP contribution in [0.25, 0.3) is 0 Å². The standard InChI is InChI=1S/C15H18N2OS/c1-11(18)12-2-6-15(7-3-12)19-9-14-8-16-10-17(14)13-4-5-13/h2-3,6-8,10-11,13,18H,4-5,9H2,1H3. The Balaban J connectivity index is 1.63. The molecule has 19 heavy (non-hydrogen) atoms. The van der Waals surface area contributed by atoms with Crippen LogP contribution in [-0.2, 0) is 5.75 Å². The molecule has 0 saturated heterocycles. The van der Waals surface area contributed by atoms with Gasteiger partial charge in [-0.3, -0.25) is 0 Å². The van der Waals surface area contributed by atoms with Crippen molar-refractivity contribution in [3.63, 3.8) is 0 Å². The molecule has 1 aliphatic rings. The summed E-state index contributed by atoms with van der Waals surface area (Å²) in [4.78, 5) is 5.48. The number of rotatable bonds is 5. The van der Waals surface area contributed by atoms with Crippen LogP contribution < -0.4 is 0 Å². The van der Waals surface area contributed by atoms with Gasteiger partial charge in [-0.15, -0.1) is 11.8 Å².